The SMILES string of the molecule is Cc1nc(CN2CCN(c3ccc4nc(C(C)(C)C)cn4c3)CC2)co1. The van der Waals surface area contributed by atoms with Gasteiger partial charge in [0, 0.05) is 57.5 Å². The van der Waals surface area contributed by atoms with Crippen LogP contribution in [0.3, 0.4) is 0 Å². The molecule has 1 fully saturated rings. The molecule has 0 atom stereocenters. The van der Waals surface area contributed by atoms with Crippen molar-refractivity contribution in [2.75, 3.05) is 31.1 Å². The maximum Gasteiger partial charge on any atom is 0.191 e. The summed E-state index contributed by atoms with van der Waals surface area (Å²) >= 11 is 0. The van der Waals surface area contributed by atoms with Gasteiger partial charge >= 0.3 is 0 Å². The standard InChI is InChI=1S/C20H27N5O/c1-15-21-16(14-26-15)11-23-7-9-24(10-8-23)17-5-6-19-22-18(20(2,3)4)13-25(19)12-17/h5-6,12-14H,7-11H2,1-4H3. The highest BCUT2D eigenvalue weighted by molar-refractivity contribution is 5.53. The fourth-order valence-electron chi connectivity index (χ4n) is 3.40. The Labute approximate surface area is 154 Å². The molecule has 1 aliphatic rings. The summed E-state index contributed by atoms with van der Waals surface area (Å²) in [5.74, 6) is 0.738. The summed E-state index contributed by atoms with van der Waals surface area (Å²) in [5.41, 5.74) is 4.48. The van der Waals surface area contributed by atoms with Gasteiger partial charge in [-0.05, 0) is 12.1 Å². The van der Waals surface area contributed by atoms with Gasteiger partial charge in [-0.3, -0.25) is 4.90 Å². The number of rotatable bonds is 3. The summed E-state index contributed by atoms with van der Waals surface area (Å²) < 4.78 is 7.46. The lowest BCUT2D eigenvalue weighted by Gasteiger charge is -2.35. The zero-order valence-electron chi connectivity index (χ0n) is 16.1. The fraction of sp³-hybridized carbons (Fsp3) is 0.500. The van der Waals surface area contributed by atoms with Gasteiger partial charge in [0.05, 0.1) is 17.1 Å². The smallest absolute Gasteiger partial charge is 0.191 e. The minimum Gasteiger partial charge on any atom is -0.449 e. The molecular weight excluding hydrogens is 326 g/mol. The second kappa shape index (κ2) is 6.43. The number of nitrogens with zero attached hydrogens (tertiary/aromatic N) is 5. The molecule has 26 heavy (non-hydrogen) atoms. The van der Waals surface area contributed by atoms with Crippen molar-refractivity contribution in [3.8, 4) is 0 Å². The van der Waals surface area contributed by atoms with Gasteiger partial charge in [-0.15, -0.1) is 0 Å². The molecule has 0 unspecified atom stereocenters. The number of pyridine rings is 1. The van der Waals surface area contributed by atoms with Crippen LogP contribution in [0.4, 0.5) is 5.69 Å². The summed E-state index contributed by atoms with van der Waals surface area (Å²) in [6.45, 7) is 13.4. The Hall–Kier alpha value is -2.34. The number of hydrogen-bond donors (Lipinski definition) is 0. The molecule has 0 radical (unpaired) electrons. The molecule has 4 heterocycles. The molecule has 0 bridgehead atoms. The van der Waals surface area contributed by atoms with Crippen LogP contribution in [0.2, 0.25) is 0 Å². The molecule has 0 aromatic carbocycles. The van der Waals surface area contributed by atoms with Crippen LogP contribution in [-0.2, 0) is 12.0 Å². The summed E-state index contributed by atoms with van der Waals surface area (Å²) in [4.78, 5) is 14.0. The van der Waals surface area contributed by atoms with Gasteiger partial charge in [0.15, 0.2) is 5.89 Å². The van der Waals surface area contributed by atoms with Crippen molar-refractivity contribution in [3.05, 3.63) is 48.1 Å². The van der Waals surface area contributed by atoms with Gasteiger partial charge in [0.25, 0.3) is 0 Å². The zero-order chi connectivity index (χ0) is 18.3. The second-order valence-corrected chi connectivity index (χ2v) is 8.15. The molecule has 1 saturated heterocycles. The van der Waals surface area contributed by atoms with Gasteiger partial charge < -0.3 is 13.7 Å². The first-order valence-electron chi connectivity index (χ1n) is 9.26. The van der Waals surface area contributed by atoms with Crippen molar-refractivity contribution in [1.29, 1.82) is 0 Å². The molecule has 4 rings (SSSR count). The Morgan fingerprint density at radius 3 is 2.46 bits per heavy atom. The highest BCUT2D eigenvalue weighted by Crippen LogP contribution is 2.24. The third kappa shape index (κ3) is 3.46. The fourth-order valence-corrected chi connectivity index (χ4v) is 3.40. The third-order valence-corrected chi connectivity index (χ3v) is 4.99. The van der Waals surface area contributed by atoms with E-state index in [1.165, 1.54) is 5.69 Å². The van der Waals surface area contributed by atoms with Gasteiger partial charge in [-0.2, -0.15) is 0 Å². The highest BCUT2D eigenvalue weighted by atomic mass is 16.3. The third-order valence-electron chi connectivity index (χ3n) is 4.99. The number of aromatic nitrogens is 3. The number of oxazole rings is 1. The number of aryl methyl sites for hydroxylation is 1. The van der Waals surface area contributed by atoms with Crippen LogP contribution in [0.1, 0.15) is 38.0 Å². The Kier molecular flexibility index (Phi) is 4.23. The van der Waals surface area contributed by atoms with Crippen LogP contribution in [0, 0.1) is 6.92 Å². The number of imidazole rings is 1. The summed E-state index contributed by atoms with van der Waals surface area (Å²) in [6, 6.07) is 4.31. The normalized spacial score (nSPS) is 16.5. The highest BCUT2D eigenvalue weighted by Gasteiger charge is 2.20. The predicted molar refractivity (Wildman–Crippen MR) is 103 cm³/mol. The molecule has 1 aliphatic heterocycles. The number of hydrogen-bond acceptors (Lipinski definition) is 5. The molecule has 0 N–H and O–H groups in total. The molecular formula is C20H27N5O. The lowest BCUT2D eigenvalue weighted by atomic mass is 9.93. The minimum atomic E-state index is 0.0667. The first-order chi connectivity index (χ1) is 12.4. The average molecular weight is 353 g/mol. The van der Waals surface area contributed by atoms with E-state index in [1.54, 1.807) is 6.26 Å². The maximum absolute atomic E-state index is 5.31. The molecule has 3 aromatic rings. The maximum atomic E-state index is 5.31. The van der Waals surface area contributed by atoms with E-state index in [9.17, 15) is 0 Å². The van der Waals surface area contributed by atoms with Crippen molar-refractivity contribution < 1.29 is 4.42 Å². The topological polar surface area (TPSA) is 49.8 Å². The van der Waals surface area contributed by atoms with Crippen molar-refractivity contribution in [2.24, 2.45) is 0 Å². The molecule has 138 valence electrons. The molecule has 0 saturated carbocycles. The van der Waals surface area contributed by atoms with Gasteiger partial charge in [-0.25, -0.2) is 9.97 Å². The van der Waals surface area contributed by atoms with Gasteiger partial charge in [0.1, 0.15) is 11.9 Å². The van der Waals surface area contributed by atoms with Crippen molar-refractivity contribution in [1.82, 2.24) is 19.3 Å². The van der Waals surface area contributed by atoms with Gasteiger partial charge in [0.2, 0.25) is 0 Å². The molecule has 3 aromatic heterocycles. The first-order valence-corrected chi connectivity index (χ1v) is 9.26. The molecule has 6 nitrogen and oxygen atoms in total. The van der Waals surface area contributed by atoms with E-state index in [0.717, 1.165) is 55.6 Å². The largest absolute Gasteiger partial charge is 0.449 e. The number of anilines is 1. The number of fused-ring (bicyclic) bond motifs is 1. The second-order valence-electron chi connectivity index (χ2n) is 8.15. The van der Waals surface area contributed by atoms with Crippen molar-refractivity contribution in [2.45, 2.75) is 39.7 Å². The summed E-state index contributed by atoms with van der Waals surface area (Å²) in [6.07, 6.45) is 6.12. The van der Waals surface area contributed by atoms with Crippen LogP contribution in [0.15, 0.2) is 35.2 Å². The lowest BCUT2D eigenvalue weighted by molar-refractivity contribution is 0.247. The van der Waals surface area contributed by atoms with Crippen molar-refractivity contribution >= 4 is 11.3 Å². The Morgan fingerprint density at radius 1 is 1.04 bits per heavy atom. The van der Waals surface area contributed by atoms with E-state index >= 15 is 0 Å². The minimum absolute atomic E-state index is 0.0667. The average Bonchev–Trinajstić information content (AvgIpc) is 3.20. The van der Waals surface area contributed by atoms with Crippen molar-refractivity contribution in [3.63, 3.8) is 0 Å². The monoisotopic (exact) mass is 353 g/mol. The van der Waals surface area contributed by atoms with Crippen LogP contribution in [0.25, 0.3) is 5.65 Å². The summed E-state index contributed by atoms with van der Waals surface area (Å²) in [7, 11) is 0. The Balaban J connectivity index is 1.43. The summed E-state index contributed by atoms with van der Waals surface area (Å²) in [5, 5.41) is 0. The van der Waals surface area contributed by atoms with Crippen LogP contribution in [0.5, 0.6) is 0 Å². The van der Waals surface area contributed by atoms with Gasteiger partial charge in [-0.1, -0.05) is 20.8 Å². The van der Waals surface area contributed by atoms with E-state index in [1.807, 2.05) is 6.92 Å². The molecule has 6 heteroatoms. The quantitative estimate of drug-likeness (QED) is 0.723. The Bertz CT molecular complexity index is 896. The van der Waals surface area contributed by atoms with E-state index in [0.29, 0.717) is 0 Å². The van der Waals surface area contributed by atoms with E-state index in [2.05, 4.69) is 64.5 Å². The van der Waals surface area contributed by atoms with Crippen LogP contribution < -0.4 is 4.90 Å². The van der Waals surface area contributed by atoms with E-state index in [-0.39, 0.29) is 5.41 Å². The van der Waals surface area contributed by atoms with Crippen LogP contribution in [-0.4, -0.2) is 45.4 Å². The number of piperazine rings is 1. The lowest BCUT2D eigenvalue weighted by Crippen LogP contribution is -2.46. The zero-order valence-corrected chi connectivity index (χ0v) is 16.1. The van der Waals surface area contributed by atoms with E-state index in [4.69, 9.17) is 9.40 Å². The Morgan fingerprint density at radius 2 is 1.81 bits per heavy atom. The predicted octanol–water partition coefficient (Wildman–Crippen LogP) is 3.25. The molecule has 0 spiro atoms. The first kappa shape index (κ1) is 17.1. The molecule has 0 amide bonds. The van der Waals surface area contributed by atoms with Crippen LogP contribution >= 0.6 is 0 Å². The molecule has 0 aliphatic carbocycles. The van der Waals surface area contributed by atoms with E-state index < -0.39 is 0 Å².